The zero-order valence-corrected chi connectivity index (χ0v) is 18.7. The van der Waals surface area contributed by atoms with Gasteiger partial charge in [0.25, 0.3) is 5.91 Å². The van der Waals surface area contributed by atoms with E-state index in [1.165, 1.54) is 12.5 Å². The molecule has 0 radical (unpaired) electrons. The average Bonchev–Trinajstić information content (AvgIpc) is 2.84. The van der Waals surface area contributed by atoms with Gasteiger partial charge in [-0.15, -0.1) is 0 Å². The van der Waals surface area contributed by atoms with Crippen LogP contribution in [-0.4, -0.2) is 37.6 Å². The van der Waals surface area contributed by atoms with E-state index in [9.17, 15) is 9.59 Å². The second-order valence-corrected chi connectivity index (χ2v) is 8.25. The maximum absolute atomic E-state index is 12.9. The number of nitrogens with zero attached hydrogens (tertiary/aromatic N) is 1. The molecule has 4 rings (SSSR count). The SMILES string of the molecule is CCc1ccc2oc(C(=O)NC[C@H](c3ccc(OC)cc3)N3CCCCC3)cc(=O)c2c1. The number of likely N-dealkylation sites (tertiary alicyclic amines) is 1. The van der Waals surface area contributed by atoms with Gasteiger partial charge in [-0.1, -0.05) is 31.5 Å². The number of carbonyl (C=O) groups excluding carboxylic acids is 1. The second-order valence-electron chi connectivity index (χ2n) is 8.25. The molecule has 0 aliphatic carbocycles. The Kier molecular flexibility index (Phi) is 6.90. The topological polar surface area (TPSA) is 71.8 Å². The number of fused-ring (bicyclic) bond motifs is 1. The van der Waals surface area contributed by atoms with Crippen LogP contribution in [0.3, 0.4) is 0 Å². The highest BCUT2D eigenvalue weighted by Gasteiger charge is 2.24. The molecule has 0 saturated carbocycles. The highest BCUT2D eigenvalue weighted by molar-refractivity contribution is 5.93. The third kappa shape index (κ3) is 4.86. The minimum absolute atomic E-state index is 0.0406. The number of aryl methyl sites for hydroxylation is 1. The van der Waals surface area contributed by atoms with Crippen molar-refractivity contribution in [1.82, 2.24) is 10.2 Å². The van der Waals surface area contributed by atoms with Crippen molar-refractivity contribution >= 4 is 16.9 Å². The Morgan fingerprint density at radius 2 is 1.84 bits per heavy atom. The van der Waals surface area contributed by atoms with Crippen molar-refractivity contribution in [3.63, 3.8) is 0 Å². The van der Waals surface area contributed by atoms with Crippen molar-refractivity contribution < 1.29 is 13.9 Å². The fourth-order valence-corrected chi connectivity index (χ4v) is 4.33. The van der Waals surface area contributed by atoms with Crippen molar-refractivity contribution in [3.8, 4) is 5.75 Å². The lowest BCUT2D eigenvalue weighted by molar-refractivity contribution is 0.0897. The Morgan fingerprint density at radius 1 is 1.09 bits per heavy atom. The summed E-state index contributed by atoms with van der Waals surface area (Å²) in [5.74, 6) is 0.470. The van der Waals surface area contributed by atoms with E-state index in [2.05, 4.69) is 10.2 Å². The van der Waals surface area contributed by atoms with Crippen LogP contribution in [0.25, 0.3) is 11.0 Å². The monoisotopic (exact) mass is 434 g/mol. The van der Waals surface area contributed by atoms with Gasteiger partial charge in [0.15, 0.2) is 11.2 Å². The maximum Gasteiger partial charge on any atom is 0.287 e. The zero-order chi connectivity index (χ0) is 22.5. The smallest absolute Gasteiger partial charge is 0.287 e. The van der Waals surface area contributed by atoms with Crippen molar-refractivity contribution in [2.24, 2.45) is 0 Å². The number of ether oxygens (including phenoxy) is 1. The van der Waals surface area contributed by atoms with Gasteiger partial charge in [-0.05, 0) is 67.7 Å². The summed E-state index contributed by atoms with van der Waals surface area (Å²) >= 11 is 0. The van der Waals surface area contributed by atoms with Crippen LogP contribution in [0.4, 0.5) is 0 Å². The second kappa shape index (κ2) is 10.0. The molecule has 0 unspecified atom stereocenters. The average molecular weight is 435 g/mol. The molecule has 6 nitrogen and oxygen atoms in total. The Balaban J connectivity index is 1.54. The Hall–Kier alpha value is -3.12. The molecule has 168 valence electrons. The fraction of sp³-hybridized carbons (Fsp3) is 0.385. The molecule has 1 aromatic heterocycles. The minimum atomic E-state index is -0.376. The molecule has 1 amide bonds. The molecule has 2 heterocycles. The molecule has 1 N–H and O–H groups in total. The van der Waals surface area contributed by atoms with Gasteiger partial charge in [0.05, 0.1) is 18.5 Å². The van der Waals surface area contributed by atoms with Crippen LogP contribution in [-0.2, 0) is 6.42 Å². The number of hydrogen-bond donors (Lipinski definition) is 1. The molecular formula is C26H30N2O4. The van der Waals surface area contributed by atoms with Gasteiger partial charge < -0.3 is 14.5 Å². The van der Waals surface area contributed by atoms with E-state index >= 15 is 0 Å². The van der Waals surface area contributed by atoms with Crippen LogP contribution in [0.1, 0.15) is 53.9 Å². The van der Waals surface area contributed by atoms with Crippen LogP contribution in [0.2, 0.25) is 0 Å². The first-order valence-corrected chi connectivity index (χ1v) is 11.3. The number of rotatable bonds is 7. The first kappa shape index (κ1) is 22.1. The summed E-state index contributed by atoms with van der Waals surface area (Å²) in [7, 11) is 1.65. The Morgan fingerprint density at radius 3 is 2.53 bits per heavy atom. The molecule has 32 heavy (non-hydrogen) atoms. The van der Waals surface area contributed by atoms with Gasteiger partial charge in [-0.25, -0.2) is 0 Å². The van der Waals surface area contributed by atoms with Crippen molar-refractivity contribution in [2.45, 2.75) is 38.6 Å². The fourth-order valence-electron chi connectivity index (χ4n) is 4.33. The van der Waals surface area contributed by atoms with Gasteiger partial charge >= 0.3 is 0 Å². The van der Waals surface area contributed by atoms with Crippen LogP contribution >= 0.6 is 0 Å². The Labute approximate surface area is 188 Å². The molecule has 0 spiro atoms. The standard InChI is InChI=1S/C26H30N2O4/c1-3-18-7-12-24-21(15-18)23(29)16-25(32-24)26(30)27-17-22(28-13-5-4-6-14-28)19-8-10-20(31-2)11-9-19/h7-12,15-16,22H,3-6,13-14,17H2,1-2H3,(H,27,30)/t22-/m1/s1. The molecule has 1 aliphatic rings. The number of nitrogens with one attached hydrogen (secondary N) is 1. The summed E-state index contributed by atoms with van der Waals surface area (Å²) in [5, 5.41) is 3.50. The van der Waals surface area contributed by atoms with Crippen LogP contribution in [0.5, 0.6) is 5.75 Å². The summed E-state index contributed by atoms with van der Waals surface area (Å²) in [6.45, 7) is 4.46. The molecule has 0 bridgehead atoms. The van der Waals surface area contributed by atoms with Crippen molar-refractivity contribution in [3.05, 3.63) is 75.6 Å². The van der Waals surface area contributed by atoms with E-state index in [1.807, 2.05) is 43.3 Å². The predicted octanol–water partition coefficient (Wildman–Crippen LogP) is 4.32. The maximum atomic E-state index is 12.9. The van der Waals surface area contributed by atoms with E-state index in [0.29, 0.717) is 17.5 Å². The minimum Gasteiger partial charge on any atom is -0.497 e. The molecule has 1 atom stereocenters. The van der Waals surface area contributed by atoms with Gasteiger partial charge in [-0.2, -0.15) is 0 Å². The van der Waals surface area contributed by atoms with Crippen LogP contribution < -0.4 is 15.5 Å². The molecule has 1 aliphatic heterocycles. The van der Waals surface area contributed by atoms with Crippen molar-refractivity contribution in [1.29, 1.82) is 0 Å². The summed E-state index contributed by atoms with van der Waals surface area (Å²) in [6, 6.07) is 14.8. The van der Waals surface area contributed by atoms with Gasteiger partial charge in [-0.3, -0.25) is 14.5 Å². The molecule has 6 heteroatoms. The van der Waals surface area contributed by atoms with Crippen LogP contribution in [0.15, 0.2) is 57.7 Å². The number of carbonyl (C=O) groups is 1. The first-order valence-electron chi connectivity index (χ1n) is 11.3. The van der Waals surface area contributed by atoms with Gasteiger partial charge in [0, 0.05) is 12.6 Å². The van der Waals surface area contributed by atoms with Gasteiger partial charge in [0.2, 0.25) is 0 Å². The number of piperidine rings is 1. The molecule has 3 aromatic rings. The van der Waals surface area contributed by atoms with E-state index < -0.39 is 0 Å². The largest absolute Gasteiger partial charge is 0.497 e. The van der Waals surface area contributed by atoms with E-state index in [1.54, 1.807) is 13.2 Å². The highest BCUT2D eigenvalue weighted by atomic mass is 16.5. The molecule has 1 saturated heterocycles. The third-order valence-electron chi connectivity index (χ3n) is 6.21. The van der Waals surface area contributed by atoms with Crippen molar-refractivity contribution in [2.75, 3.05) is 26.7 Å². The highest BCUT2D eigenvalue weighted by Crippen LogP contribution is 2.26. The lowest BCUT2D eigenvalue weighted by Crippen LogP contribution is -2.40. The number of amides is 1. The quantitative estimate of drug-likeness (QED) is 0.600. The van der Waals surface area contributed by atoms with E-state index in [0.717, 1.165) is 49.2 Å². The molecule has 1 fully saturated rings. The zero-order valence-electron chi connectivity index (χ0n) is 18.7. The number of benzene rings is 2. The normalized spacial score (nSPS) is 15.4. The lowest BCUT2D eigenvalue weighted by Gasteiger charge is -2.35. The first-order chi connectivity index (χ1) is 15.6. The molecule has 2 aromatic carbocycles. The van der Waals surface area contributed by atoms with Crippen LogP contribution in [0, 0.1) is 0 Å². The van der Waals surface area contributed by atoms with Gasteiger partial charge in [0.1, 0.15) is 11.3 Å². The molecular weight excluding hydrogens is 404 g/mol. The van der Waals surface area contributed by atoms with E-state index in [-0.39, 0.29) is 23.1 Å². The summed E-state index contributed by atoms with van der Waals surface area (Å²) in [5.41, 5.74) is 2.42. The lowest BCUT2D eigenvalue weighted by atomic mass is 10.0. The van der Waals surface area contributed by atoms with E-state index in [4.69, 9.17) is 9.15 Å². The summed E-state index contributed by atoms with van der Waals surface area (Å²) in [4.78, 5) is 27.9. The number of methoxy groups -OCH3 is 1. The predicted molar refractivity (Wildman–Crippen MR) is 125 cm³/mol. The number of hydrogen-bond acceptors (Lipinski definition) is 5. The third-order valence-corrected chi connectivity index (χ3v) is 6.21. The summed E-state index contributed by atoms with van der Waals surface area (Å²) in [6.07, 6.45) is 4.38. The Bertz CT molecular complexity index is 1130. The summed E-state index contributed by atoms with van der Waals surface area (Å²) < 4.78 is 11.1.